The summed E-state index contributed by atoms with van der Waals surface area (Å²) in [6.45, 7) is 0.757. The number of methoxy groups -OCH3 is 1. The second kappa shape index (κ2) is 9.04. The number of anilines is 1. The lowest BCUT2D eigenvalue weighted by Crippen LogP contribution is -2.20. The summed E-state index contributed by atoms with van der Waals surface area (Å²) >= 11 is 0. The van der Waals surface area contributed by atoms with Crippen LogP contribution in [0.2, 0.25) is 0 Å². The highest BCUT2D eigenvalue weighted by molar-refractivity contribution is 5.91. The average molecular weight is 280 g/mol. The molecule has 0 spiro atoms. The number of ether oxygens (including phenoxy) is 2. The summed E-state index contributed by atoms with van der Waals surface area (Å²) in [4.78, 5) is 11.5. The van der Waals surface area contributed by atoms with Crippen molar-refractivity contribution in [2.45, 2.75) is 0 Å². The minimum Gasteiger partial charge on any atom is -0.382 e. The van der Waals surface area contributed by atoms with E-state index in [0.29, 0.717) is 18.8 Å². The van der Waals surface area contributed by atoms with Crippen LogP contribution < -0.4 is 11.1 Å². The number of nitrogens with two attached hydrogens (primary N) is 1. The molecule has 0 aliphatic carbocycles. The summed E-state index contributed by atoms with van der Waals surface area (Å²) in [5, 5.41) is 2.42. The van der Waals surface area contributed by atoms with E-state index in [1.807, 2.05) is 0 Å². The Kier molecular flexibility index (Phi) is 7.29. The summed E-state index contributed by atoms with van der Waals surface area (Å²) in [6.07, 6.45) is 0. The fourth-order valence-electron chi connectivity index (χ4n) is 1.34. The van der Waals surface area contributed by atoms with Crippen LogP contribution in [0, 0.1) is 17.7 Å². The summed E-state index contributed by atoms with van der Waals surface area (Å²) in [5.41, 5.74) is 5.82. The number of carbonyl (C=O) groups excluding carboxylic acids is 1. The first-order valence-electron chi connectivity index (χ1n) is 6.02. The summed E-state index contributed by atoms with van der Waals surface area (Å²) in [5.74, 6) is 4.35. The van der Waals surface area contributed by atoms with Crippen LogP contribution in [0.4, 0.5) is 10.1 Å². The summed E-state index contributed by atoms with van der Waals surface area (Å²) in [7, 11) is 1.54. The highest BCUT2D eigenvalue weighted by Gasteiger charge is 2.07. The normalized spacial score (nSPS) is 9.75. The van der Waals surface area contributed by atoms with Gasteiger partial charge in [0.05, 0.1) is 25.4 Å². The third kappa shape index (κ3) is 5.80. The predicted molar refractivity (Wildman–Crippen MR) is 73.7 cm³/mol. The van der Waals surface area contributed by atoms with E-state index in [0.717, 1.165) is 0 Å². The lowest BCUT2D eigenvalue weighted by atomic mass is 10.2. The molecule has 6 heteroatoms. The molecule has 108 valence electrons. The molecule has 5 nitrogen and oxygen atoms in total. The molecule has 1 rings (SSSR count). The molecular formula is C14H17FN2O3. The molecule has 0 atom stereocenters. The number of amides is 1. The Morgan fingerprint density at radius 2 is 2.25 bits per heavy atom. The van der Waals surface area contributed by atoms with Crippen molar-refractivity contribution < 1.29 is 18.7 Å². The highest BCUT2D eigenvalue weighted by atomic mass is 19.1. The van der Waals surface area contributed by atoms with Crippen molar-refractivity contribution in [3.05, 3.63) is 29.6 Å². The van der Waals surface area contributed by atoms with Gasteiger partial charge in [-0.25, -0.2) is 4.39 Å². The number of carbonyl (C=O) groups is 1. The van der Waals surface area contributed by atoms with Crippen molar-refractivity contribution >= 4 is 11.6 Å². The smallest absolute Gasteiger partial charge is 0.250 e. The van der Waals surface area contributed by atoms with Crippen molar-refractivity contribution in [3.63, 3.8) is 0 Å². The van der Waals surface area contributed by atoms with E-state index in [-0.39, 0.29) is 18.8 Å². The van der Waals surface area contributed by atoms with Crippen LogP contribution >= 0.6 is 0 Å². The molecule has 0 aromatic heterocycles. The molecule has 0 aliphatic rings. The van der Waals surface area contributed by atoms with E-state index in [2.05, 4.69) is 17.2 Å². The zero-order valence-electron chi connectivity index (χ0n) is 11.2. The SMILES string of the molecule is COCCOCC(=O)Nc1ccc(C#CCN)cc1F. The lowest BCUT2D eigenvalue weighted by Gasteiger charge is -2.07. The molecule has 0 radical (unpaired) electrons. The van der Waals surface area contributed by atoms with Gasteiger partial charge in [-0.05, 0) is 18.2 Å². The first-order chi connectivity index (χ1) is 9.67. The van der Waals surface area contributed by atoms with Gasteiger partial charge in [-0.1, -0.05) is 11.8 Å². The van der Waals surface area contributed by atoms with E-state index in [4.69, 9.17) is 15.2 Å². The largest absolute Gasteiger partial charge is 0.382 e. The van der Waals surface area contributed by atoms with Gasteiger partial charge >= 0.3 is 0 Å². The first kappa shape index (κ1) is 16.1. The molecule has 3 N–H and O–H groups in total. The van der Waals surface area contributed by atoms with Gasteiger partial charge in [0.25, 0.3) is 0 Å². The van der Waals surface area contributed by atoms with Crippen LogP contribution in [0.25, 0.3) is 0 Å². The molecule has 0 aliphatic heterocycles. The highest BCUT2D eigenvalue weighted by Crippen LogP contribution is 2.15. The maximum atomic E-state index is 13.7. The van der Waals surface area contributed by atoms with E-state index in [1.54, 1.807) is 6.07 Å². The standard InChI is InChI=1S/C14H17FN2O3/c1-19-7-8-20-10-14(18)17-13-5-4-11(3-2-6-16)9-12(13)15/h4-5,9H,6-8,10,16H2,1H3,(H,17,18). The average Bonchev–Trinajstić information content (AvgIpc) is 2.44. The van der Waals surface area contributed by atoms with Gasteiger partial charge < -0.3 is 20.5 Å². The summed E-state index contributed by atoms with van der Waals surface area (Å²) < 4.78 is 23.5. The van der Waals surface area contributed by atoms with Crippen LogP contribution in [0.15, 0.2) is 18.2 Å². The zero-order chi connectivity index (χ0) is 14.8. The molecule has 0 heterocycles. The molecule has 1 aromatic rings. The maximum Gasteiger partial charge on any atom is 0.250 e. The molecule has 0 unspecified atom stereocenters. The van der Waals surface area contributed by atoms with Crippen LogP contribution in [0.5, 0.6) is 0 Å². The Bertz CT molecular complexity index is 509. The molecule has 0 saturated carbocycles. The molecule has 0 fully saturated rings. The van der Waals surface area contributed by atoms with E-state index < -0.39 is 11.7 Å². The Morgan fingerprint density at radius 3 is 2.90 bits per heavy atom. The molecule has 20 heavy (non-hydrogen) atoms. The van der Waals surface area contributed by atoms with E-state index in [9.17, 15) is 9.18 Å². The van der Waals surface area contributed by atoms with Crippen LogP contribution in [0.3, 0.4) is 0 Å². The van der Waals surface area contributed by atoms with Crippen molar-refractivity contribution in [1.82, 2.24) is 0 Å². The van der Waals surface area contributed by atoms with Crippen molar-refractivity contribution in [1.29, 1.82) is 0 Å². The number of hydrogen-bond donors (Lipinski definition) is 2. The predicted octanol–water partition coefficient (Wildman–Crippen LogP) is 0.737. The van der Waals surface area contributed by atoms with Crippen molar-refractivity contribution in [2.24, 2.45) is 5.73 Å². The Morgan fingerprint density at radius 1 is 1.45 bits per heavy atom. The zero-order valence-corrected chi connectivity index (χ0v) is 11.2. The van der Waals surface area contributed by atoms with Gasteiger partial charge in [0, 0.05) is 12.7 Å². The van der Waals surface area contributed by atoms with Gasteiger partial charge in [-0.15, -0.1) is 0 Å². The number of hydrogen-bond acceptors (Lipinski definition) is 4. The Labute approximate surface area is 117 Å². The molecule has 1 aromatic carbocycles. The second-order valence-electron chi connectivity index (χ2n) is 3.79. The topological polar surface area (TPSA) is 73.6 Å². The molecular weight excluding hydrogens is 263 g/mol. The van der Waals surface area contributed by atoms with Gasteiger partial charge in [0.15, 0.2) is 0 Å². The van der Waals surface area contributed by atoms with Gasteiger partial charge in [-0.2, -0.15) is 0 Å². The molecule has 0 bridgehead atoms. The Hall–Kier alpha value is -1.94. The summed E-state index contributed by atoms with van der Waals surface area (Å²) in [6, 6.07) is 4.29. The Balaban J connectivity index is 2.53. The lowest BCUT2D eigenvalue weighted by molar-refractivity contribution is -0.121. The third-order valence-electron chi connectivity index (χ3n) is 2.24. The third-order valence-corrected chi connectivity index (χ3v) is 2.24. The van der Waals surface area contributed by atoms with Crippen LogP contribution in [0.1, 0.15) is 5.56 Å². The van der Waals surface area contributed by atoms with E-state index >= 15 is 0 Å². The van der Waals surface area contributed by atoms with Gasteiger partial charge in [0.1, 0.15) is 12.4 Å². The fourth-order valence-corrected chi connectivity index (χ4v) is 1.34. The first-order valence-corrected chi connectivity index (χ1v) is 6.02. The molecule has 1 amide bonds. The quantitative estimate of drug-likeness (QED) is 0.595. The number of nitrogens with one attached hydrogen (secondary N) is 1. The fraction of sp³-hybridized carbons (Fsp3) is 0.357. The van der Waals surface area contributed by atoms with Crippen molar-refractivity contribution in [2.75, 3.05) is 38.8 Å². The molecule has 0 saturated heterocycles. The second-order valence-corrected chi connectivity index (χ2v) is 3.79. The monoisotopic (exact) mass is 280 g/mol. The maximum absolute atomic E-state index is 13.7. The van der Waals surface area contributed by atoms with Gasteiger partial charge in [-0.3, -0.25) is 4.79 Å². The van der Waals surface area contributed by atoms with E-state index in [1.165, 1.54) is 19.2 Å². The number of rotatable bonds is 6. The van der Waals surface area contributed by atoms with Crippen LogP contribution in [-0.2, 0) is 14.3 Å². The number of halogens is 1. The van der Waals surface area contributed by atoms with Crippen molar-refractivity contribution in [3.8, 4) is 11.8 Å². The van der Waals surface area contributed by atoms with Crippen LogP contribution in [-0.4, -0.2) is 39.4 Å². The number of benzene rings is 1. The van der Waals surface area contributed by atoms with Gasteiger partial charge in [0.2, 0.25) is 5.91 Å². The minimum absolute atomic E-state index is 0.0867. The minimum atomic E-state index is -0.556.